The zero-order valence-electron chi connectivity index (χ0n) is 9.61. The van der Waals surface area contributed by atoms with Crippen LogP contribution in [0.25, 0.3) is 0 Å². The van der Waals surface area contributed by atoms with Crippen molar-refractivity contribution in [3.05, 3.63) is 23.0 Å². The van der Waals surface area contributed by atoms with Crippen LogP contribution in [-0.4, -0.2) is 20.5 Å². The molecule has 0 heterocycles. The first kappa shape index (κ1) is 13.9. The van der Waals surface area contributed by atoms with Gasteiger partial charge in [0.1, 0.15) is 4.90 Å². The smallest absolute Gasteiger partial charge is 0.328 e. The summed E-state index contributed by atoms with van der Waals surface area (Å²) in [6, 6.07) is 1.05. The molecule has 0 saturated heterocycles. The molecule has 2 amide bonds. The van der Waals surface area contributed by atoms with Gasteiger partial charge in [-0.2, -0.15) is 0 Å². The van der Waals surface area contributed by atoms with Crippen LogP contribution in [0.4, 0.5) is 14.9 Å². The van der Waals surface area contributed by atoms with Crippen molar-refractivity contribution in [3.8, 4) is 0 Å². The summed E-state index contributed by atoms with van der Waals surface area (Å²) in [5.74, 6) is -1.15. The van der Waals surface area contributed by atoms with Gasteiger partial charge in [0.15, 0.2) is 5.82 Å². The van der Waals surface area contributed by atoms with Gasteiger partial charge in [-0.1, -0.05) is 11.6 Å². The summed E-state index contributed by atoms with van der Waals surface area (Å²) in [5.41, 5.74) is 5.38. The molecule has 0 radical (unpaired) electrons. The fraction of sp³-hybridized carbons (Fsp3) is 0.300. The molecule has 1 fully saturated rings. The molecule has 1 aromatic rings. The Balaban J connectivity index is 2.25. The average molecular weight is 308 g/mol. The van der Waals surface area contributed by atoms with Crippen molar-refractivity contribution >= 4 is 33.3 Å². The van der Waals surface area contributed by atoms with Gasteiger partial charge in [0.2, 0.25) is 0 Å². The normalized spacial score (nSPS) is 15.1. The van der Waals surface area contributed by atoms with E-state index in [1.165, 1.54) is 0 Å². The van der Waals surface area contributed by atoms with E-state index in [1.807, 2.05) is 0 Å². The summed E-state index contributed by atoms with van der Waals surface area (Å²) in [6.45, 7) is 0. The summed E-state index contributed by atoms with van der Waals surface area (Å²) in [6.07, 6.45) is 1.60. The quantitative estimate of drug-likeness (QED) is 0.731. The molecule has 2 rings (SSSR count). The third-order valence-corrected chi connectivity index (χ3v) is 4.05. The summed E-state index contributed by atoms with van der Waals surface area (Å²) in [5, 5.41) is 1.98. The molecule has 1 aliphatic carbocycles. The van der Waals surface area contributed by atoms with Crippen molar-refractivity contribution in [3.63, 3.8) is 0 Å². The van der Waals surface area contributed by atoms with Crippen molar-refractivity contribution in [1.82, 2.24) is 10.0 Å². The van der Waals surface area contributed by atoms with Crippen molar-refractivity contribution in [2.24, 2.45) is 0 Å². The molecule has 0 atom stereocenters. The Morgan fingerprint density at radius 2 is 2.05 bits per heavy atom. The molecule has 9 heteroatoms. The third kappa shape index (κ3) is 3.27. The van der Waals surface area contributed by atoms with Crippen LogP contribution < -0.4 is 15.8 Å². The number of anilines is 1. The number of halogens is 2. The lowest BCUT2D eigenvalue weighted by Gasteiger charge is -2.10. The molecule has 6 nitrogen and oxygen atoms in total. The van der Waals surface area contributed by atoms with E-state index >= 15 is 0 Å². The first-order valence-corrected chi connectivity index (χ1v) is 7.23. The lowest BCUT2D eigenvalue weighted by molar-refractivity contribution is 0.245. The Kier molecular flexibility index (Phi) is 3.55. The molecule has 0 bridgehead atoms. The molecular weight excluding hydrogens is 297 g/mol. The van der Waals surface area contributed by atoms with E-state index in [0.717, 1.165) is 25.0 Å². The van der Waals surface area contributed by atoms with Crippen LogP contribution in [0.2, 0.25) is 5.02 Å². The van der Waals surface area contributed by atoms with Gasteiger partial charge in [0.25, 0.3) is 10.0 Å². The molecule has 0 spiro atoms. The van der Waals surface area contributed by atoms with E-state index in [2.05, 4.69) is 5.32 Å². The van der Waals surface area contributed by atoms with Gasteiger partial charge in [0.05, 0.1) is 5.02 Å². The highest BCUT2D eigenvalue weighted by Gasteiger charge is 2.28. The summed E-state index contributed by atoms with van der Waals surface area (Å²) in [7, 11) is -4.35. The van der Waals surface area contributed by atoms with Crippen LogP contribution in [0.15, 0.2) is 17.0 Å². The number of carbonyl (C=O) groups excluding carboxylic acids is 1. The molecular formula is C10H11ClFN3O3S. The molecule has 1 aliphatic rings. The number of rotatable bonds is 3. The molecule has 4 N–H and O–H groups in total. The second-order valence-electron chi connectivity index (χ2n) is 4.17. The Bertz CT molecular complexity index is 631. The highest BCUT2D eigenvalue weighted by atomic mass is 35.5. The highest BCUT2D eigenvalue weighted by molar-refractivity contribution is 7.90. The van der Waals surface area contributed by atoms with Crippen LogP contribution in [0, 0.1) is 5.82 Å². The van der Waals surface area contributed by atoms with Gasteiger partial charge < -0.3 is 11.1 Å². The van der Waals surface area contributed by atoms with Gasteiger partial charge in [-0.05, 0) is 25.0 Å². The fourth-order valence-corrected chi connectivity index (χ4v) is 2.73. The van der Waals surface area contributed by atoms with Gasteiger partial charge in [-0.15, -0.1) is 0 Å². The Hall–Kier alpha value is -1.54. The zero-order valence-corrected chi connectivity index (χ0v) is 11.2. The van der Waals surface area contributed by atoms with Crippen molar-refractivity contribution < 1.29 is 17.6 Å². The lowest BCUT2D eigenvalue weighted by Crippen LogP contribution is -2.40. The summed E-state index contributed by atoms with van der Waals surface area (Å²) < 4.78 is 39.1. The monoisotopic (exact) mass is 307 g/mol. The Labute approximate surface area is 114 Å². The topological polar surface area (TPSA) is 101 Å². The van der Waals surface area contributed by atoms with Crippen LogP contribution >= 0.6 is 11.6 Å². The molecule has 104 valence electrons. The lowest BCUT2D eigenvalue weighted by atomic mass is 10.3. The molecule has 0 aromatic heterocycles. The van der Waals surface area contributed by atoms with E-state index in [-0.39, 0.29) is 11.7 Å². The third-order valence-electron chi connectivity index (χ3n) is 2.45. The number of carbonyl (C=O) groups is 1. The SMILES string of the molecule is Nc1cc(Cl)c(F)c(S(=O)(=O)NC(=O)NC2CC2)c1. The Morgan fingerprint density at radius 3 is 2.63 bits per heavy atom. The van der Waals surface area contributed by atoms with Gasteiger partial charge in [-0.25, -0.2) is 22.3 Å². The van der Waals surface area contributed by atoms with E-state index in [0.29, 0.717) is 0 Å². The standard InChI is InChI=1S/C10H11ClFN3O3S/c11-7-3-5(13)4-8(9(7)12)19(17,18)15-10(16)14-6-1-2-6/h3-4,6H,1-2,13H2,(H2,14,15,16). The largest absolute Gasteiger partial charge is 0.399 e. The summed E-state index contributed by atoms with van der Waals surface area (Å²) >= 11 is 5.51. The first-order chi connectivity index (χ1) is 8.79. The van der Waals surface area contributed by atoms with E-state index in [9.17, 15) is 17.6 Å². The van der Waals surface area contributed by atoms with Crippen LogP contribution in [0.5, 0.6) is 0 Å². The number of hydrogen-bond donors (Lipinski definition) is 3. The molecule has 19 heavy (non-hydrogen) atoms. The van der Waals surface area contributed by atoms with Crippen LogP contribution in [0.3, 0.4) is 0 Å². The Morgan fingerprint density at radius 1 is 1.42 bits per heavy atom. The zero-order chi connectivity index (χ0) is 14.2. The van der Waals surface area contributed by atoms with Crippen molar-refractivity contribution in [1.29, 1.82) is 0 Å². The van der Waals surface area contributed by atoms with E-state index in [1.54, 1.807) is 4.72 Å². The molecule has 0 unspecified atom stereocenters. The molecule has 0 aliphatic heterocycles. The highest BCUT2D eigenvalue weighted by Crippen LogP contribution is 2.25. The maximum Gasteiger partial charge on any atom is 0.328 e. The number of nitrogens with one attached hydrogen (secondary N) is 2. The van der Waals surface area contributed by atoms with Crippen molar-refractivity contribution in [2.75, 3.05) is 5.73 Å². The summed E-state index contributed by atoms with van der Waals surface area (Å²) in [4.78, 5) is 10.6. The number of amides is 2. The minimum atomic E-state index is -4.35. The van der Waals surface area contributed by atoms with Crippen LogP contribution in [-0.2, 0) is 10.0 Å². The van der Waals surface area contributed by atoms with Gasteiger partial charge in [-0.3, -0.25) is 0 Å². The van der Waals surface area contributed by atoms with E-state index < -0.39 is 31.8 Å². The minimum Gasteiger partial charge on any atom is -0.399 e. The number of urea groups is 1. The van der Waals surface area contributed by atoms with Gasteiger partial charge >= 0.3 is 6.03 Å². The number of nitrogen functional groups attached to an aromatic ring is 1. The number of nitrogens with two attached hydrogens (primary N) is 1. The van der Waals surface area contributed by atoms with Crippen LogP contribution in [0.1, 0.15) is 12.8 Å². The van der Waals surface area contributed by atoms with Crippen molar-refractivity contribution in [2.45, 2.75) is 23.8 Å². The minimum absolute atomic E-state index is 0.0191. The average Bonchev–Trinajstić information content (AvgIpc) is 3.05. The predicted molar refractivity (Wildman–Crippen MR) is 67.7 cm³/mol. The van der Waals surface area contributed by atoms with E-state index in [4.69, 9.17) is 17.3 Å². The molecule has 1 saturated carbocycles. The fourth-order valence-electron chi connectivity index (χ4n) is 1.40. The maximum atomic E-state index is 13.7. The predicted octanol–water partition coefficient (Wildman–Crippen LogP) is 1.21. The second-order valence-corrected chi connectivity index (χ2v) is 6.23. The first-order valence-electron chi connectivity index (χ1n) is 5.37. The maximum absolute atomic E-state index is 13.7. The number of sulfonamides is 1. The number of benzene rings is 1. The number of hydrogen-bond acceptors (Lipinski definition) is 4. The second kappa shape index (κ2) is 4.86. The molecule has 1 aromatic carbocycles. The van der Waals surface area contributed by atoms with Gasteiger partial charge in [0, 0.05) is 11.7 Å².